The zero-order valence-corrected chi connectivity index (χ0v) is 12.9. The molecule has 1 aliphatic rings. The smallest absolute Gasteiger partial charge is 0.231 e. The predicted molar refractivity (Wildman–Crippen MR) is 79.5 cm³/mol. The zero-order chi connectivity index (χ0) is 14.5. The Balaban J connectivity index is 2.04. The lowest BCUT2D eigenvalue weighted by molar-refractivity contribution is 0.122. The third kappa shape index (κ3) is 4.16. The van der Waals surface area contributed by atoms with E-state index in [0.29, 0.717) is 31.2 Å². The van der Waals surface area contributed by atoms with Crippen LogP contribution in [0.5, 0.6) is 0 Å². The summed E-state index contributed by atoms with van der Waals surface area (Å²) in [5.74, 6) is 1.12. The summed E-state index contributed by atoms with van der Waals surface area (Å²) in [7, 11) is 4.07. The maximum absolute atomic E-state index is 5.98. The third-order valence-electron chi connectivity index (χ3n) is 3.33. The molecule has 8 heteroatoms. The first-order valence-corrected chi connectivity index (χ1v) is 7.08. The van der Waals surface area contributed by atoms with E-state index in [9.17, 15) is 0 Å². The van der Waals surface area contributed by atoms with Crippen molar-refractivity contribution in [2.75, 3.05) is 57.2 Å². The van der Waals surface area contributed by atoms with E-state index in [-0.39, 0.29) is 5.28 Å². The second-order valence-electron chi connectivity index (χ2n) is 5.02. The molecular weight excluding hydrogens is 280 g/mol. The van der Waals surface area contributed by atoms with Crippen molar-refractivity contribution >= 4 is 23.5 Å². The van der Waals surface area contributed by atoms with Gasteiger partial charge in [0.15, 0.2) is 0 Å². The van der Waals surface area contributed by atoms with E-state index in [1.807, 2.05) is 14.1 Å². The van der Waals surface area contributed by atoms with E-state index in [1.165, 1.54) is 0 Å². The topological polar surface area (TPSA) is 66.4 Å². The summed E-state index contributed by atoms with van der Waals surface area (Å²) in [6.45, 7) is 5.78. The molecule has 0 amide bonds. The number of hydrogen-bond acceptors (Lipinski definition) is 7. The Hall–Kier alpha value is -1.18. The zero-order valence-electron chi connectivity index (χ0n) is 12.1. The fourth-order valence-electron chi connectivity index (χ4n) is 1.75. The first-order chi connectivity index (χ1) is 9.56. The van der Waals surface area contributed by atoms with Gasteiger partial charge in [0, 0.05) is 25.7 Å². The molecule has 112 valence electrons. The van der Waals surface area contributed by atoms with Gasteiger partial charge in [-0.3, -0.25) is 0 Å². The van der Waals surface area contributed by atoms with Crippen LogP contribution in [0.15, 0.2) is 0 Å². The molecule has 7 nitrogen and oxygen atoms in total. The molecule has 1 atom stereocenters. The molecule has 1 unspecified atom stereocenters. The van der Waals surface area contributed by atoms with Crippen molar-refractivity contribution in [3.8, 4) is 0 Å². The van der Waals surface area contributed by atoms with Crippen LogP contribution in [0.3, 0.4) is 0 Å². The van der Waals surface area contributed by atoms with Crippen molar-refractivity contribution in [3.05, 3.63) is 5.28 Å². The Morgan fingerprint density at radius 3 is 2.65 bits per heavy atom. The molecule has 0 radical (unpaired) electrons. The van der Waals surface area contributed by atoms with Crippen LogP contribution in [-0.2, 0) is 4.74 Å². The van der Waals surface area contributed by atoms with Gasteiger partial charge in [0.1, 0.15) is 0 Å². The van der Waals surface area contributed by atoms with Gasteiger partial charge in [-0.1, -0.05) is 0 Å². The second-order valence-corrected chi connectivity index (χ2v) is 5.36. The standard InChI is InChI=1S/C12H21ClN6O/c1-9(18(2)3)8-14-11-15-10(13)16-12(17-11)19-4-6-20-7-5-19/h9H,4-8H2,1-3H3,(H,14,15,16,17). The third-order valence-corrected chi connectivity index (χ3v) is 3.50. The van der Waals surface area contributed by atoms with E-state index in [2.05, 4.69) is 37.0 Å². The normalized spacial score (nSPS) is 17.4. The first kappa shape index (κ1) is 15.2. The van der Waals surface area contributed by atoms with E-state index < -0.39 is 0 Å². The molecule has 1 saturated heterocycles. The average Bonchev–Trinajstić information content (AvgIpc) is 2.45. The van der Waals surface area contributed by atoms with Crippen molar-refractivity contribution in [1.82, 2.24) is 19.9 Å². The van der Waals surface area contributed by atoms with E-state index in [4.69, 9.17) is 16.3 Å². The highest BCUT2D eigenvalue weighted by Gasteiger charge is 2.16. The minimum Gasteiger partial charge on any atom is -0.378 e. The SMILES string of the molecule is CC(CNc1nc(Cl)nc(N2CCOCC2)n1)N(C)C. The van der Waals surface area contributed by atoms with Gasteiger partial charge in [-0.05, 0) is 32.6 Å². The number of morpholine rings is 1. The van der Waals surface area contributed by atoms with Crippen LogP contribution < -0.4 is 10.2 Å². The largest absolute Gasteiger partial charge is 0.378 e. The molecule has 20 heavy (non-hydrogen) atoms. The van der Waals surface area contributed by atoms with Crippen LogP contribution in [0.1, 0.15) is 6.92 Å². The molecule has 1 aromatic heterocycles. The van der Waals surface area contributed by atoms with Crippen LogP contribution in [0.25, 0.3) is 0 Å². The number of nitrogens with zero attached hydrogens (tertiary/aromatic N) is 5. The number of hydrogen-bond donors (Lipinski definition) is 1. The summed E-state index contributed by atoms with van der Waals surface area (Å²) in [5.41, 5.74) is 0. The summed E-state index contributed by atoms with van der Waals surface area (Å²) in [4.78, 5) is 16.9. The molecule has 1 fully saturated rings. The monoisotopic (exact) mass is 300 g/mol. The quantitative estimate of drug-likeness (QED) is 0.859. The highest BCUT2D eigenvalue weighted by atomic mass is 35.5. The highest BCUT2D eigenvalue weighted by Crippen LogP contribution is 2.15. The summed E-state index contributed by atoms with van der Waals surface area (Å²) in [6, 6.07) is 0.373. The van der Waals surface area contributed by atoms with Gasteiger partial charge in [-0.25, -0.2) is 0 Å². The Bertz CT molecular complexity index is 438. The summed E-state index contributed by atoms with van der Waals surface area (Å²) >= 11 is 5.98. The number of ether oxygens (including phenoxy) is 1. The molecule has 0 aromatic carbocycles. The van der Waals surface area contributed by atoms with Crippen LogP contribution in [0.2, 0.25) is 5.28 Å². The average molecular weight is 301 g/mol. The van der Waals surface area contributed by atoms with Crippen molar-refractivity contribution in [2.24, 2.45) is 0 Å². The molecule has 0 saturated carbocycles. The Morgan fingerprint density at radius 1 is 1.30 bits per heavy atom. The number of aromatic nitrogens is 3. The number of nitrogens with one attached hydrogen (secondary N) is 1. The molecule has 2 rings (SSSR count). The molecule has 1 N–H and O–H groups in total. The van der Waals surface area contributed by atoms with Crippen molar-refractivity contribution < 1.29 is 4.74 Å². The summed E-state index contributed by atoms with van der Waals surface area (Å²) < 4.78 is 5.32. The lowest BCUT2D eigenvalue weighted by atomic mass is 10.3. The Kier molecular flexibility index (Phi) is 5.33. The molecule has 0 bridgehead atoms. The molecule has 1 aliphatic heterocycles. The lowest BCUT2D eigenvalue weighted by Crippen LogP contribution is -2.37. The summed E-state index contributed by atoms with van der Waals surface area (Å²) in [6.07, 6.45) is 0. The molecule has 1 aromatic rings. The fourth-order valence-corrected chi connectivity index (χ4v) is 1.90. The maximum Gasteiger partial charge on any atom is 0.231 e. The van der Waals surface area contributed by atoms with Gasteiger partial charge in [0.2, 0.25) is 17.2 Å². The van der Waals surface area contributed by atoms with Gasteiger partial charge in [-0.15, -0.1) is 0 Å². The van der Waals surface area contributed by atoms with E-state index in [1.54, 1.807) is 0 Å². The van der Waals surface area contributed by atoms with Crippen LogP contribution >= 0.6 is 11.6 Å². The van der Waals surface area contributed by atoms with Gasteiger partial charge < -0.3 is 19.9 Å². The summed E-state index contributed by atoms with van der Waals surface area (Å²) in [5, 5.41) is 3.41. The first-order valence-electron chi connectivity index (χ1n) is 6.71. The van der Waals surface area contributed by atoms with Crippen LogP contribution in [0.4, 0.5) is 11.9 Å². The maximum atomic E-state index is 5.98. The molecular formula is C12H21ClN6O. The van der Waals surface area contributed by atoms with Gasteiger partial charge in [-0.2, -0.15) is 15.0 Å². The number of anilines is 2. The van der Waals surface area contributed by atoms with Crippen LogP contribution in [-0.4, -0.2) is 72.8 Å². The number of likely N-dealkylation sites (N-methyl/N-ethyl adjacent to an activating group) is 1. The fraction of sp³-hybridized carbons (Fsp3) is 0.750. The molecule has 0 spiro atoms. The van der Waals surface area contributed by atoms with Gasteiger partial charge in [0.05, 0.1) is 13.2 Å². The molecule has 0 aliphatic carbocycles. The predicted octanol–water partition coefficient (Wildman–Crippen LogP) is 0.724. The van der Waals surface area contributed by atoms with E-state index >= 15 is 0 Å². The minimum atomic E-state index is 0.210. The second kappa shape index (κ2) is 7.01. The Labute approximate surface area is 124 Å². The highest BCUT2D eigenvalue weighted by molar-refractivity contribution is 6.28. The van der Waals surface area contributed by atoms with Crippen molar-refractivity contribution in [1.29, 1.82) is 0 Å². The van der Waals surface area contributed by atoms with Gasteiger partial charge in [0.25, 0.3) is 0 Å². The van der Waals surface area contributed by atoms with E-state index in [0.717, 1.165) is 19.6 Å². The number of halogens is 1. The van der Waals surface area contributed by atoms with Crippen molar-refractivity contribution in [3.63, 3.8) is 0 Å². The Morgan fingerprint density at radius 2 is 2.00 bits per heavy atom. The minimum absolute atomic E-state index is 0.210. The van der Waals surface area contributed by atoms with Crippen LogP contribution in [0, 0.1) is 0 Å². The lowest BCUT2D eigenvalue weighted by Gasteiger charge is -2.27. The van der Waals surface area contributed by atoms with Crippen molar-refractivity contribution in [2.45, 2.75) is 13.0 Å². The molecule has 2 heterocycles. The van der Waals surface area contributed by atoms with Gasteiger partial charge >= 0.3 is 0 Å². The number of rotatable bonds is 5.